The number of benzene rings is 1. The maximum absolute atomic E-state index is 13.2. The number of carbonyl (C=O) groups excluding carboxylic acids is 1. The Labute approximate surface area is 104 Å². The fraction of sp³-hybridized carbons (Fsp3) is 0. The van der Waals surface area contributed by atoms with Crippen LogP contribution in [0.3, 0.4) is 0 Å². The van der Waals surface area contributed by atoms with Crippen LogP contribution in [0.25, 0.3) is 0 Å². The van der Waals surface area contributed by atoms with Crippen molar-refractivity contribution in [3.63, 3.8) is 0 Å². The highest BCUT2D eigenvalue weighted by Gasteiger charge is 2.24. The first-order valence-corrected chi connectivity index (χ1v) is 4.89. The van der Waals surface area contributed by atoms with E-state index in [9.17, 15) is 13.6 Å². The summed E-state index contributed by atoms with van der Waals surface area (Å²) in [6.07, 6.45) is 0.789. The van der Waals surface area contributed by atoms with Gasteiger partial charge < -0.3 is 4.74 Å². The average Bonchev–Trinajstić information content (AvgIpc) is 2.29. The molecular weight excluding hydrogens is 284 g/mol. The van der Waals surface area contributed by atoms with Gasteiger partial charge in [-0.3, -0.25) is 0 Å². The van der Waals surface area contributed by atoms with Crippen molar-refractivity contribution in [3.8, 4) is 5.75 Å². The van der Waals surface area contributed by atoms with Crippen molar-refractivity contribution < 1.29 is 18.3 Å². The van der Waals surface area contributed by atoms with Crippen molar-refractivity contribution in [1.29, 1.82) is 0 Å². The molecule has 0 heterocycles. The van der Waals surface area contributed by atoms with Gasteiger partial charge in [0.2, 0.25) is 0 Å². The predicted octanol–water partition coefficient (Wildman–Crippen LogP) is 4.02. The van der Waals surface area contributed by atoms with Crippen molar-refractivity contribution in [2.24, 2.45) is 0 Å². The molecule has 16 heavy (non-hydrogen) atoms. The minimum absolute atomic E-state index is 0.632. The molecule has 0 atom stereocenters. The molecule has 0 N–H and O–H groups in total. The Morgan fingerprint density at radius 3 is 1.94 bits per heavy atom. The summed E-state index contributed by atoms with van der Waals surface area (Å²) in [5.74, 6) is -4.09. The number of esters is 1. The largest absolute Gasteiger partial charge is 0.420 e. The van der Waals surface area contributed by atoms with Crippen LogP contribution in [-0.2, 0) is 4.79 Å². The van der Waals surface area contributed by atoms with E-state index in [0.717, 1.165) is 6.08 Å². The Bertz CT molecular complexity index is 445. The fourth-order valence-electron chi connectivity index (χ4n) is 0.817. The van der Waals surface area contributed by atoms with E-state index in [2.05, 4.69) is 11.3 Å². The van der Waals surface area contributed by atoms with Gasteiger partial charge in [-0.05, 0) is 0 Å². The molecule has 0 aromatic heterocycles. The number of halogens is 5. The van der Waals surface area contributed by atoms with E-state index in [1.54, 1.807) is 0 Å². The van der Waals surface area contributed by atoms with Crippen LogP contribution in [0.15, 0.2) is 12.7 Å². The highest BCUT2D eigenvalue weighted by molar-refractivity contribution is 6.40. The number of hydrogen-bond donors (Lipinski definition) is 0. The Hall–Kier alpha value is -0.840. The van der Waals surface area contributed by atoms with E-state index in [4.69, 9.17) is 34.8 Å². The molecule has 1 rings (SSSR count). The smallest absolute Gasteiger partial charge is 0.335 e. The van der Waals surface area contributed by atoms with Crippen LogP contribution in [0.4, 0.5) is 8.78 Å². The molecule has 0 aliphatic rings. The van der Waals surface area contributed by atoms with Crippen molar-refractivity contribution in [3.05, 3.63) is 39.4 Å². The molecule has 0 bridgehead atoms. The van der Waals surface area contributed by atoms with Gasteiger partial charge in [0.1, 0.15) is 15.1 Å². The van der Waals surface area contributed by atoms with Crippen molar-refractivity contribution in [2.75, 3.05) is 0 Å². The van der Waals surface area contributed by atoms with Crippen LogP contribution in [0.5, 0.6) is 5.75 Å². The molecule has 0 fully saturated rings. The van der Waals surface area contributed by atoms with Crippen LogP contribution in [0, 0.1) is 11.6 Å². The number of carbonyl (C=O) groups is 1. The van der Waals surface area contributed by atoms with Gasteiger partial charge in [-0.15, -0.1) is 0 Å². The summed E-state index contributed by atoms with van der Waals surface area (Å²) in [4.78, 5) is 10.9. The summed E-state index contributed by atoms with van der Waals surface area (Å²) < 4.78 is 30.9. The normalized spacial score (nSPS) is 10.1. The minimum Gasteiger partial charge on any atom is -0.420 e. The maximum atomic E-state index is 13.2. The second kappa shape index (κ2) is 4.99. The summed E-state index contributed by atoms with van der Waals surface area (Å²) in [6, 6.07) is 0. The van der Waals surface area contributed by atoms with Gasteiger partial charge in [0.25, 0.3) is 0 Å². The first kappa shape index (κ1) is 13.2. The predicted molar refractivity (Wildman–Crippen MR) is 57.2 cm³/mol. The zero-order chi connectivity index (χ0) is 12.5. The van der Waals surface area contributed by atoms with Crippen molar-refractivity contribution in [1.82, 2.24) is 0 Å². The Morgan fingerprint density at radius 2 is 1.56 bits per heavy atom. The summed E-state index contributed by atoms with van der Waals surface area (Å²) in [5, 5.41) is -2.22. The van der Waals surface area contributed by atoms with Gasteiger partial charge >= 0.3 is 5.97 Å². The van der Waals surface area contributed by atoms with Gasteiger partial charge in [0, 0.05) is 6.08 Å². The molecular formula is C9H3Cl3F2O2. The van der Waals surface area contributed by atoms with Gasteiger partial charge in [0.15, 0.2) is 17.4 Å². The monoisotopic (exact) mass is 286 g/mol. The molecule has 86 valence electrons. The lowest BCUT2D eigenvalue weighted by Crippen LogP contribution is -2.06. The molecule has 0 aliphatic carbocycles. The summed E-state index contributed by atoms with van der Waals surface area (Å²) in [6.45, 7) is 3.10. The molecule has 1 aromatic carbocycles. The zero-order valence-corrected chi connectivity index (χ0v) is 9.76. The van der Waals surface area contributed by atoms with E-state index >= 15 is 0 Å². The van der Waals surface area contributed by atoms with Crippen LogP contribution >= 0.6 is 34.8 Å². The molecule has 0 radical (unpaired) electrons. The highest BCUT2D eigenvalue weighted by Crippen LogP contribution is 2.41. The molecule has 0 unspecified atom stereocenters. The second-order valence-electron chi connectivity index (χ2n) is 2.52. The van der Waals surface area contributed by atoms with Gasteiger partial charge in [-0.2, -0.15) is 0 Å². The van der Waals surface area contributed by atoms with Crippen molar-refractivity contribution in [2.45, 2.75) is 0 Å². The molecule has 0 spiro atoms. The maximum Gasteiger partial charge on any atom is 0.335 e. The van der Waals surface area contributed by atoms with Crippen LogP contribution < -0.4 is 4.74 Å². The van der Waals surface area contributed by atoms with E-state index < -0.39 is 38.4 Å². The lowest BCUT2D eigenvalue weighted by Gasteiger charge is -2.09. The van der Waals surface area contributed by atoms with E-state index in [0.29, 0.717) is 0 Å². The zero-order valence-electron chi connectivity index (χ0n) is 7.49. The lowest BCUT2D eigenvalue weighted by molar-refractivity contribution is -0.128. The summed E-state index contributed by atoms with van der Waals surface area (Å²) in [7, 11) is 0. The van der Waals surface area contributed by atoms with Crippen LogP contribution in [0.2, 0.25) is 15.1 Å². The lowest BCUT2D eigenvalue weighted by atomic mass is 10.3. The standard InChI is InChI=1S/C9H3Cl3F2O2/c1-2-3(15)16-9-5(11)7(13)4(10)8(14)6(9)12/h2H,1H2. The van der Waals surface area contributed by atoms with Crippen LogP contribution in [-0.4, -0.2) is 5.97 Å². The fourth-order valence-corrected chi connectivity index (χ4v) is 1.61. The first-order chi connectivity index (χ1) is 7.40. The summed E-state index contributed by atoms with van der Waals surface area (Å²) in [5.41, 5.74) is 0. The third kappa shape index (κ3) is 2.29. The third-order valence-corrected chi connectivity index (χ3v) is 2.55. The van der Waals surface area contributed by atoms with Crippen LogP contribution in [0.1, 0.15) is 0 Å². The first-order valence-electron chi connectivity index (χ1n) is 3.75. The average molecular weight is 287 g/mol. The highest BCUT2D eigenvalue weighted by atomic mass is 35.5. The Kier molecular flexibility index (Phi) is 4.13. The third-order valence-electron chi connectivity index (χ3n) is 1.54. The van der Waals surface area contributed by atoms with E-state index in [1.807, 2.05) is 0 Å². The Balaban J connectivity index is 3.39. The van der Waals surface area contributed by atoms with Gasteiger partial charge in [-0.25, -0.2) is 13.6 Å². The van der Waals surface area contributed by atoms with Gasteiger partial charge in [0.05, 0.1) is 0 Å². The molecule has 7 heteroatoms. The molecule has 0 saturated carbocycles. The topological polar surface area (TPSA) is 26.3 Å². The number of ether oxygens (including phenoxy) is 1. The quantitative estimate of drug-likeness (QED) is 0.270. The second-order valence-corrected chi connectivity index (χ2v) is 3.66. The molecule has 0 saturated heterocycles. The number of hydrogen-bond acceptors (Lipinski definition) is 2. The minimum atomic E-state index is -1.25. The molecule has 0 aliphatic heterocycles. The SMILES string of the molecule is C=CC(=O)Oc1c(Cl)c(F)c(Cl)c(F)c1Cl. The Morgan fingerprint density at radius 1 is 1.12 bits per heavy atom. The van der Waals surface area contributed by atoms with Gasteiger partial charge in [-0.1, -0.05) is 41.4 Å². The molecule has 0 amide bonds. The molecule has 1 aromatic rings. The van der Waals surface area contributed by atoms with Crippen molar-refractivity contribution >= 4 is 40.8 Å². The summed E-state index contributed by atoms with van der Waals surface area (Å²) >= 11 is 16.2. The van der Waals surface area contributed by atoms with E-state index in [-0.39, 0.29) is 0 Å². The number of rotatable bonds is 2. The molecule has 2 nitrogen and oxygen atoms in total. The van der Waals surface area contributed by atoms with E-state index in [1.165, 1.54) is 0 Å².